The summed E-state index contributed by atoms with van der Waals surface area (Å²) in [5, 5.41) is 9.91. The predicted octanol–water partition coefficient (Wildman–Crippen LogP) is 4.66. The van der Waals surface area contributed by atoms with Gasteiger partial charge in [0.25, 0.3) is 0 Å². The van der Waals surface area contributed by atoms with E-state index in [1.165, 1.54) is 12.3 Å². The van der Waals surface area contributed by atoms with Gasteiger partial charge in [-0.05, 0) is 23.3 Å². The Balaban J connectivity index is 2.04. The Morgan fingerprint density at radius 1 is 0.957 bits per heavy atom. The van der Waals surface area contributed by atoms with Crippen LogP contribution in [-0.4, -0.2) is 15.4 Å². The highest BCUT2D eigenvalue weighted by Gasteiger charge is 2.31. The van der Waals surface area contributed by atoms with E-state index in [1.807, 2.05) is 36.4 Å². The van der Waals surface area contributed by atoms with Crippen LogP contribution in [0, 0.1) is 0 Å². The van der Waals surface area contributed by atoms with Crippen LogP contribution >= 0.6 is 0 Å². The average molecular weight is 315 g/mol. The second-order valence-corrected chi connectivity index (χ2v) is 4.90. The Kier molecular flexibility index (Phi) is 3.97. The van der Waals surface area contributed by atoms with E-state index in [0.717, 1.165) is 17.7 Å². The van der Waals surface area contributed by atoms with E-state index in [4.69, 9.17) is 0 Å². The summed E-state index contributed by atoms with van der Waals surface area (Å²) in [5.41, 5.74) is 1.62. The van der Waals surface area contributed by atoms with Crippen molar-refractivity contribution in [2.24, 2.45) is 0 Å². The first-order valence-electron chi connectivity index (χ1n) is 6.85. The topological polar surface area (TPSA) is 41.6 Å². The first kappa shape index (κ1) is 15.0. The number of benzene rings is 2. The zero-order valence-electron chi connectivity index (χ0n) is 11.9. The van der Waals surface area contributed by atoms with Gasteiger partial charge in [0.05, 0.1) is 11.8 Å². The van der Waals surface area contributed by atoms with Crippen LogP contribution in [0.15, 0.2) is 54.7 Å². The number of rotatable bonds is 3. The third-order valence-electron chi connectivity index (χ3n) is 3.33. The molecule has 0 amide bonds. The number of H-pyrrole nitrogens is 1. The Labute approximate surface area is 130 Å². The number of halogens is 3. The molecule has 0 saturated carbocycles. The van der Waals surface area contributed by atoms with Gasteiger partial charge in [-0.15, -0.1) is 5.10 Å². The SMILES string of the molecule is FC(F)(F)c1ccc(/C=C/c2ccccc2)c(-c2c[nH]nn2)c1. The molecular weight excluding hydrogens is 303 g/mol. The molecule has 0 aliphatic rings. The van der Waals surface area contributed by atoms with Gasteiger partial charge in [-0.2, -0.15) is 13.2 Å². The number of aromatic nitrogens is 3. The molecule has 0 radical (unpaired) electrons. The highest BCUT2D eigenvalue weighted by molar-refractivity contribution is 5.79. The largest absolute Gasteiger partial charge is 0.416 e. The fraction of sp³-hybridized carbons (Fsp3) is 0.0588. The molecule has 3 aromatic rings. The Morgan fingerprint density at radius 3 is 2.39 bits per heavy atom. The molecule has 23 heavy (non-hydrogen) atoms. The maximum absolute atomic E-state index is 12.9. The quantitative estimate of drug-likeness (QED) is 0.714. The minimum Gasteiger partial charge on any atom is -0.265 e. The number of hydrogen-bond acceptors (Lipinski definition) is 2. The molecule has 0 aliphatic heterocycles. The van der Waals surface area contributed by atoms with Gasteiger partial charge in [0, 0.05) is 5.56 Å². The van der Waals surface area contributed by atoms with Crippen LogP contribution in [0.4, 0.5) is 13.2 Å². The van der Waals surface area contributed by atoms with Gasteiger partial charge in [-0.1, -0.05) is 53.8 Å². The lowest BCUT2D eigenvalue weighted by atomic mass is 10.00. The summed E-state index contributed by atoms with van der Waals surface area (Å²) in [6.07, 6.45) is 0.668. The molecule has 6 heteroatoms. The number of alkyl halides is 3. The fourth-order valence-corrected chi connectivity index (χ4v) is 2.18. The van der Waals surface area contributed by atoms with Crippen LogP contribution in [0.2, 0.25) is 0 Å². The Hall–Kier alpha value is -2.89. The van der Waals surface area contributed by atoms with Crippen molar-refractivity contribution in [3.8, 4) is 11.3 Å². The van der Waals surface area contributed by atoms with Crippen LogP contribution in [0.5, 0.6) is 0 Å². The normalized spacial score (nSPS) is 12.0. The molecule has 0 unspecified atom stereocenters. The summed E-state index contributed by atoms with van der Waals surface area (Å²) in [4.78, 5) is 0. The van der Waals surface area contributed by atoms with Crippen LogP contribution in [0.25, 0.3) is 23.4 Å². The third kappa shape index (κ3) is 3.48. The van der Waals surface area contributed by atoms with Gasteiger partial charge in [-0.25, -0.2) is 0 Å². The maximum atomic E-state index is 12.9. The average Bonchev–Trinajstić information content (AvgIpc) is 3.07. The Bertz CT molecular complexity index is 807. The van der Waals surface area contributed by atoms with Crippen LogP contribution < -0.4 is 0 Å². The van der Waals surface area contributed by atoms with Crippen LogP contribution in [0.1, 0.15) is 16.7 Å². The summed E-state index contributed by atoms with van der Waals surface area (Å²) < 4.78 is 38.8. The summed E-state index contributed by atoms with van der Waals surface area (Å²) in [6.45, 7) is 0. The lowest BCUT2D eigenvalue weighted by Crippen LogP contribution is -2.05. The van der Waals surface area contributed by atoms with Gasteiger partial charge in [0.1, 0.15) is 5.69 Å². The maximum Gasteiger partial charge on any atom is 0.416 e. The highest BCUT2D eigenvalue weighted by Crippen LogP contribution is 2.33. The molecular formula is C17H12F3N3. The van der Waals surface area contributed by atoms with E-state index in [-0.39, 0.29) is 0 Å². The van der Waals surface area contributed by atoms with E-state index in [0.29, 0.717) is 16.8 Å². The number of nitrogens with one attached hydrogen (secondary N) is 1. The van der Waals surface area contributed by atoms with E-state index < -0.39 is 11.7 Å². The van der Waals surface area contributed by atoms with Crippen molar-refractivity contribution in [2.45, 2.75) is 6.18 Å². The van der Waals surface area contributed by atoms with E-state index in [9.17, 15) is 13.2 Å². The summed E-state index contributed by atoms with van der Waals surface area (Å²) in [5.74, 6) is 0. The predicted molar refractivity (Wildman–Crippen MR) is 82.2 cm³/mol. The van der Waals surface area contributed by atoms with E-state index >= 15 is 0 Å². The second kappa shape index (κ2) is 6.08. The number of nitrogens with zero attached hydrogens (tertiary/aromatic N) is 2. The summed E-state index contributed by atoms with van der Waals surface area (Å²) in [7, 11) is 0. The van der Waals surface area contributed by atoms with Crippen molar-refractivity contribution < 1.29 is 13.2 Å². The second-order valence-electron chi connectivity index (χ2n) is 4.90. The van der Waals surface area contributed by atoms with Crippen molar-refractivity contribution in [2.75, 3.05) is 0 Å². The van der Waals surface area contributed by atoms with Crippen molar-refractivity contribution in [3.63, 3.8) is 0 Å². The lowest BCUT2D eigenvalue weighted by Gasteiger charge is -2.10. The molecule has 2 aromatic carbocycles. The van der Waals surface area contributed by atoms with Crippen molar-refractivity contribution in [3.05, 3.63) is 71.4 Å². The van der Waals surface area contributed by atoms with Crippen molar-refractivity contribution >= 4 is 12.2 Å². The summed E-state index contributed by atoms with van der Waals surface area (Å²) in [6, 6.07) is 13.1. The molecule has 0 aliphatic carbocycles. The van der Waals surface area contributed by atoms with Gasteiger partial charge in [-0.3, -0.25) is 5.10 Å². The van der Waals surface area contributed by atoms with Crippen molar-refractivity contribution in [1.82, 2.24) is 15.4 Å². The number of hydrogen-bond donors (Lipinski definition) is 1. The minimum absolute atomic E-state index is 0.365. The zero-order valence-corrected chi connectivity index (χ0v) is 11.9. The lowest BCUT2D eigenvalue weighted by molar-refractivity contribution is -0.137. The molecule has 3 rings (SSSR count). The first-order chi connectivity index (χ1) is 11.0. The number of aromatic amines is 1. The van der Waals surface area contributed by atoms with Gasteiger partial charge >= 0.3 is 6.18 Å². The fourth-order valence-electron chi connectivity index (χ4n) is 2.18. The molecule has 1 heterocycles. The molecule has 1 aromatic heterocycles. The van der Waals surface area contributed by atoms with Crippen LogP contribution in [0.3, 0.4) is 0 Å². The van der Waals surface area contributed by atoms with Gasteiger partial charge in [0.2, 0.25) is 0 Å². The summed E-state index contributed by atoms with van der Waals surface area (Å²) >= 11 is 0. The monoisotopic (exact) mass is 315 g/mol. The molecule has 0 bridgehead atoms. The molecule has 0 spiro atoms. The van der Waals surface area contributed by atoms with Gasteiger partial charge < -0.3 is 0 Å². The molecule has 0 saturated heterocycles. The van der Waals surface area contributed by atoms with E-state index in [1.54, 1.807) is 6.08 Å². The molecule has 116 valence electrons. The Morgan fingerprint density at radius 2 is 1.74 bits per heavy atom. The zero-order chi connectivity index (χ0) is 16.3. The minimum atomic E-state index is -4.40. The first-order valence-corrected chi connectivity index (χ1v) is 6.85. The highest BCUT2D eigenvalue weighted by atomic mass is 19.4. The smallest absolute Gasteiger partial charge is 0.265 e. The van der Waals surface area contributed by atoms with Crippen LogP contribution in [-0.2, 0) is 6.18 Å². The third-order valence-corrected chi connectivity index (χ3v) is 3.33. The van der Waals surface area contributed by atoms with E-state index in [2.05, 4.69) is 15.4 Å². The molecule has 0 atom stereocenters. The standard InChI is InChI=1S/C17H12F3N3/c18-17(19,20)14-9-8-13(7-6-12-4-2-1-3-5-12)15(10-14)16-11-21-23-22-16/h1-11H,(H,21,22,23)/b7-6+. The van der Waals surface area contributed by atoms with Gasteiger partial charge in [0.15, 0.2) is 0 Å². The molecule has 3 nitrogen and oxygen atoms in total. The van der Waals surface area contributed by atoms with Crippen molar-refractivity contribution in [1.29, 1.82) is 0 Å². The molecule has 1 N–H and O–H groups in total. The molecule has 0 fully saturated rings.